The first-order valence-electron chi connectivity index (χ1n) is 11.8. The van der Waals surface area contributed by atoms with Crippen LogP contribution >= 0.6 is 0 Å². The third-order valence-electron chi connectivity index (χ3n) is 7.01. The first kappa shape index (κ1) is 25.5. The van der Waals surface area contributed by atoms with Crippen molar-refractivity contribution in [1.82, 2.24) is 20.4 Å². The smallest absolute Gasteiger partial charge is 0.457 e. The predicted octanol–water partition coefficient (Wildman–Crippen LogP) is 2.64. The Morgan fingerprint density at radius 3 is 1.89 bits per heavy atom. The predicted molar refractivity (Wildman–Crippen MR) is 124 cm³/mol. The van der Waals surface area contributed by atoms with E-state index in [2.05, 4.69) is 15.4 Å². The average Bonchev–Trinajstić information content (AvgIpc) is 3.59. The number of alkyl halides is 3. The first-order chi connectivity index (χ1) is 17.9. The monoisotopic (exact) mass is 532 g/mol. The molecule has 38 heavy (non-hydrogen) atoms. The van der Waals surface area contributed by atoms with Crippen LogP contribution in [0.1, 0.15) is 25.3 Å². The van der Waals surface area contributed by atoms with E-state index >= 15 is 0 Å². The lowest BCUT2D eigenvalue weighted by molar-refractivity contribution is -0.274. The number of hydrogen-bond acceptors (Lipinski definition) is 7. The zero-order valence-electron chi connectivity index (χ0n) is 20.1. The van der Waals surface area contributed by atoms with Crippen molar-refractivity contribution in [2.75, 3.05) is 19.6 Å². The summed E-state index contributed by atoms with van der Waals surface area (Å²) < 4.78 is 46.7. The molecular weight excluding hydrogens is 509 g/mol. The molecule has 5 amide bonds. The molecule has 0 bridgehead atoms. The van der Waals surface area contributed by atoms with Gasteiger partial charge in [-0.25, -0.2) is 4.79 Å². The van der Waals surface area contributed by atoms with Crippen LogP contribution in [-0.2, 0) is 19.9 Å². The van der Waals surface area contributed by atoms with Gasteiger partial charge in [-0.1, -0.05) is 12.1 Å². The number of urea groups is 1. The summed E-state index contributed by atoms with van der Waals surface area (Å²) in [6, 6.07) is 9.94. The highest BCUT2D eigenvalue weighted by Gasteiger charge is 2.62. The quantitative estimate of drug-likeness (QED) is 0.569. The molecule has 3 fully saturated rings. The van der Waals surface area contributed by atoms with Gasteiger partial charge in [-0.15, -0.1) is 13.2 Å². The van der Waals surface area contributed by atoms with Gasteiger partial charge in [0.25, 0.3) is 11.8 Å². The lowest BCUT2D eigenvalue weighted by Gasteiger charge is -2.50. The Kier molecular flexibility index (Phi) is 6.05. The third kappa shape index (κ3) is 4.53. The van der Waals surface area contributed by atoms with Gasteiger partial charge in [-0.2, -0.15) is 0 Å². The Bertz CT molecular complexity index is 1270. The van der Waals surface area contributed by atoms with Crippen molar-refractivity contribution >= 4 is 23.8 Å². The summed E-state index contributed by atoms with van der Waals surface area (Å²) in [5.41, 5.74) is -2.04. The number of hydrogen-bond donors (Lipinski definition) is 2. The number of imide groups is 2. The summed E-state index contributed by atoms with van der Waals surface area (Å²) in [7, 11) is 0. The lowest BCUT2D eigenvalue weighted by Crippen LogP contribution is -2.74. The maximum atomic E-state index is 13.4. The van der Waals surface area contributed by atoms with Crippen LogP contribution < -0.4 is 20.1 Å². The minimum Gasteiger partial charge on any atom is -0.457 e. The van der Waals surface area contributed by atoms with Crippen molar-refractivity contribution < 1.29 is 41.8 Å². The number of ether oxygens (including phenoxy) is 2. The van der Waals surface area contributed by atoms with Gasteiger partial charge in [-0.05, 0) is 54.8 Å². The molecule has 0 aromatic heterocycles. The van der Waals surface area contributed by atoms with Gasteiger partial charge in [0.1, 0.15) is 17.2 Å². The van der Waals surface area contributed by atoms with Crippen molar-refractivity contribution in [2.45, 2.75) is 37.2 Å². The van der Waals surface area contributed by atoms with Crippen LogP contribution in [0.25, 0.3) is 0 Å². The second-order valence-electron chi connectivity index (χ2n) is 9.41. The molecule has 2 aliphatic heterocycles. The lowest BCUT2D eigenvalue weighted by atomic mass is 9.83. The summed E-state index contributed by atoms with van der Waals surface area (Å²) in [4.78, 5) is 54.2. The molecule has 0 unspecified atom stereocenters. The number of piperazine rings is 1. The van der Waals surface area contributed by atoms with E-state index in [4.69, 9.17) is 4.74 Å². The van der Waals surface area contributed by atoms with E-state index in [1.165, 1.54) is 43.3 Å². The van der Waals surface area contributed by atoms with Gasteiger partial charge in [0, 0.05) is 26.6 Å². The molecular formula is C25H23F3N4O6. The van der Waals surface area contributed by atoms with E-state index in [0.29, 0.717) is 12.3 Å². The zero-order valence-corrected chi connectivity index (χ0v) is 20.1. The van der Waals surface area contributed by atoms with Crippen LogP contribution in [0, 0.1) is 0 Å². The van der Waals surface area contributed by atoms with Gasteiger partial charge in [0.05, 0.1) is 5.54 Å². The highest BCUT2D eigenvalue weighted by atomic mass is 19.4. The van der Waals surface area contributed by atoms with Gasteiger partial charge >= 0.3 is 12.4 Å². The van der Waals surface area contributed by atoms with Crippen LogP contribution in [0.5, 0.6) is 17.2 Å². The molecule has 2 saturated heterocycles. The topological polar surface area (TPSA) is 117 Å². The highest BCUT2D eigenvalue weighted by molar-refractivity contribution is 6.22. The Morgan fingerprint density at radius 1 is 0.868 bits per heavy atom. The number of nitrogens with zero attached hydrogens (tertiary/aromatic N) is 2. The molecule has 2 N–H and O–H groups in total. The maximum absolute atomic E-state index is 13.4. The van der Waals surface area contributed by atoms with Gasteiger partial charge in [-0.3, -0.25) is 29.9 Å². The Morgan fingerprint density at radius 2 is 1.39 bits per heavy atom. The Hall–Kier alpha value is -4.13. The second kappa shape index (κ2) is 9.01. The number of rotatable bonds is 5. The number of halogens is 3. The molecule has 0 radical (unpaired) electrons. The van der Waals surface area contributed by atoms with Gasteiger partial charge in [0.2, 0.25) is 11.4 Å². The number of benzene rings is 2. The van der Waals surface area contributed by atoms with Gasteiger partial charge in [0.15, 0.2) is 0 Å². The molecule has 200 valence electrons. The summed E-state index contributed by atoms with van der Waals surface area (Å²) >= 11 is 0. The molecule has 1 spiro atoms. The Labute approximate surface area is 214 Å². The average molecular weight is 532 g/mol. The van der Waals surface area contributed by atoms with Crippen LogP contribution in [0.15, 0.2) is 48.5 Å². The summed E-state index contributed by atoms with van der Waals surface area (Å²) in [5, 5.41) is 4.40. The summed E-state index contributed by atoms with van der Waals surface area (Å²) in [6.07, 6.45) is -3.34. The number of amides is 5. The summed E-state index contributed by atoms with van der Waals surface area (Å²) in [6.45, 7) is 2.30. The molecule has 5 rings (SSSR count). The largest absolute Gasteiger partial charge is 0.573 e. The van der Waals surface area contributed by atoms with Crippen molar-refractivity contribution in [3.63, 3.8) is 0 Å². The van der Waals surface area contributed by atoms with E-state index in [1.807, 2.05) is 0 Å². The minimum absolute atomic E-state index is 0.0802. The molecule has 1 saturated carbocycles. The van der Waals surface area contributed by atoms with Crippen LogP contribution in [0.4, 0.5) is 18.0 Å². The number of carbonyl (C=O) groups is 4. The van der Waals surface area contributed by atoms with Crippen molar-refractivity contribution in [1.29, 1.82) is 0 Å². The molecule has 0 atom stereocenters. The minimum atomic E-state index is -4.81. The van der Waals surface area contributed by atoms with Crippen LogP contribution in [-0.4, -0.2) is 65.1 Å². The van der Waals surface area contributed by atoms with Crippen molar-refractivity contribution in [3.05, 3.63) is 54.1 Å². The number of carbonyl (C=O) groups excluding carboxylic acids is 4. The van der Waals surface area contributed by atoms with E-state index < -0.39 is 41.0 Å². The van der Waals surface area contributed by atoms with E-state index in [0.717, 1.165) is 25.0 Å². The fourth-order valence-electron chi connectivity index (χ4n) is 5.19. The molecule has 2 aromatic carbocycles. The first-order valence-corrected chi connectivity index (χ1v) is 11.8. The molecule has 10 nitrogen and oxygen atoms in total. The fraction of sp³-hybridized carbons (Fsp3) is 0.360. The maximum Gasteiger partial charge on any atom is 0.573 e. The number of barbiturate groups is 1. The summed E-state index contributed by atoms with van der Waals surface area (Å²) in [5.74, 6) is -1.55. The normalized spacial score (nSPS) is 20.5. The molecule has 13 heteroatoms. The highest BCUT2D eigenvalue weighted by Crippen LogP contribution is 2.47. The van der Waals surface area contributed by atoms with E-state index in [9.17, 15) is 32.3 Å². The fourth-order valence-corrected chi connectivity index (χ4v) is 5.19. The number of nitrogens with one attached hydrogen (secondary N) is 2. The zero-order chi connectivity index (χ0) is 27.3. The molecule has 2 aromatic rings. The van der Waals surface area contributed by atoms with Crippen molar-refractivity contribution in [3.8, 4) is 17.2 Å². The standard InChI is InChI=1S/C25H23F3N4O6/c1-15(33)32-13-12-31(14-23(32)10-11-23)24(20(34)29-22(36)30-21(24)35)16-2-4-17(5-3-16)37-18-6-8-19(9-7-18)38-25(26,27)28/h2-9H,10-14H2,1H3,(H2,29,30,34,35,36). The third-order valence-corrected chi connectivity index (χ3v) is 7.01. The van der Waals surface area contributed by atoms with Crippen molar-refractivity contribution in [2.24, 2.45) is 0 Å². The van der Waals surface area contributed by atoms with Crippen LogP contribution in [0.2, 0.25) is 0 Å². The second-order valence-corrected chi connectivity index (χ2v) is 9.41. The SMILES string of the molecule is CC(=O)N1CCN(C2(c3ccc(Oc4ccc(OC(F)(F)F)cc4)cc3)C(=O)NC(=O)NC2=O)CC12CC2. The van der Waals surface area contributed by atoms with Crippen LogP contribution in [0.3, 0.4) is 0 Å². The molecule has 1 aliphatic carbocycles. The molecule has 3 aliphatic rings. The molecule has 2 heterocycles. The Balaban J connectivity index is 1.42. The van der Waals surface area contributed by atoms with Gasteiger partial charge < -0.3 is 14.4 Å². The van der Waals surface area contributed by atoms with E-state index in [1.54, 1.807) is 9.80 Å². The van der Waals surface area contributed by atoms with E-state index in [-0.39, 0.29) is 30.3 Å².